The third kappa shape index (κ3) is 3.94. The molecular formula is C21H15N5O5. The maximum Gasteiger partial charge on any atom is 0.292 e. The van der Waals surface area contributed by atoms with Crippen LogP contribution in [0.25, 0.3) is 0 Å². The molecule has 10 nitrogen and oxygen atoms in total. The van der Waals surface area contributed by atoms with Crippen molar-refractivity contribution < 1.29 is 14.6 Å². The molecule has 154 valence electrons. The zero-order valence-corrected chi connectivity index (χ0v) is 15.9. The maximum absolute atomic E-state index is 12.9. The second kappa shape index (κ2) is 8.03. The number of benzodiazepines with no additional fused rings is 1. The average Bonchev–Trinajstić information content (AvgIpc) is 2.90. The van der Waals surface area contributed by atoms with Gasteiger partial charge < -0.3 is 10.6 Å². The van der Waals surface area contributed by atoms with Gasteiger partial charge in [-0.15, -0.1) is 0 Å². The first kappa shape index (κ1) is 19.7. The van der Waals surface area contributed by atoms with Crippen molar-refractivity contribution in [1.82, 2.24) is 0 Å². The van der Waals surface area contributed by atoms with Crippen molar-refractivity contribution >= 4 is 34.4 Å². The first-order chi connectivity index (χ1) is 14.9. The Morgan fingerprint density at radius 1 is 0.903 bits per heavy atom. The molecule has 0 saturated carbocycles. The number of carbonyl (C=O) groups is 1. The Bertz CT molecular complexity index is 1230. The Balaban J connectivity index is 1.85. The van der Waals surface area contributed by atoms with Crippen molar-refractivity contribution in [3.63, 3.8) is 0 Å². The van der Waals surface area contributed by atoms with Crippen LogP contribution in [-0.2, 0) is 4.79 Å². The molecule has 0 bridgehead atoms. The number of nitro groups is 2. The van der Waals surface area contributed by atoms with Gasteiger partial charge in [0.05, 0.1) is 21.2 Å². The van der Waals surface area contributed by atoms with E-state index in [4.69, 9.17) is 0 Å². The normalized spacial score (nSPS) is 15.2. The van der Waals surface area contributed by atoms with Crippen LogP contribution in [-0.4, -0.2) is 27.6 Å². The molecule has 0 fully saturated rings. The largest absolute Gasteiger partial charge is 0.350 e. The fourth-order valence-electron chi connectivity index (χ4n) is 3.24. The van der Waals surface area contributed by atoms with Crippen LogP contribution in [0.5, 0.6) is 0 Å². The van der Waals surface area contributed by atoms with Crippen molar-refractivity contribution in [3.8, 4) is 0 Å². The number of amides is 1. The summed E-state index contributed by atoms with van der Waals surface area (Å²) in [6.45, 7) is 0. The van der Waals surface area contributed by atoms with Crippen LogP contribution in [0.15, 0.2) is 77.8 Å². The van der Waals surface area contributed by atoms with E-state index in [0.29, 0.717) is 22.5 Å². The molecule has 1 amide bonds. The van der Waals surface area contributed by atoms with Gasteiger partial charge >= 0.3 is 0 Å². The molecule has 1 heterocycles. The molecule has 10 heteroatoms. The minimum Gasteiger partial charge on any atom is -0.350 e. The molecule has 0 radical (unpaired) electrons. The number of aliphatic imine (C=N–C) groups is 1. The smallest absolute Gasteiger partial charge is 0.292 e. The minimum atomic E-state index is -1.21. The number of nitrogens with zero attached hydrogens (tertiary/aromatic N) is 3. The molecular weight excluding hydrogens is 402 g/mol. The topological polar surface area (TPSA) is 140 Å². The van der Waals surface area contributed by atoms with Crippen molar-refractivity contribution in [1.29, 1.82) is 0 Å². The van der Waals surface area contributed by atoms with E-state index in [1.54, 1.807) is 30.3 Å². The average molecular weight is 417 g/mol. The molecule has 0 spiro atoms. The van der Waals surface area contributed by atoms with Gasteiger partial charge in [-0.1, -0.05) is 42.5 Å². The van der Waals surface area contributed by atoms with Gasteiger partial charge in [-0.3, -0.25) is 25.0 Å². The molecule has 1 aliphatic rings. The lowest BCUT2D eigenvalue weighted by molar-refractivity contribution is -0.384. The van der Waals surface area contributed by atoms with Gasteiger partial charge in [0.15, 0.2) is 6.17 Å². The monoisotopic (exact) mass is 417 g/mol. The number of non-ortho nitro benzene ring substituents is 1. The summed E-state index contributed by atoms with van der Waals surface area (Å²) < 4.78 is 0. The zero-order chi connectivity index (χ0) is 22.0. The lowest BCUT2D eigenvalue weighted by atomic mass is 10.00. The standard InChI is InChI=1S/C21H15N5O5/c27-21-20(22-17-8-4-5-9-18(17)26(30)31)24-19(13-6-2-1-3-7-13)15-12-14(25(28)29)10-11-16(15)23-21/h1-12,20,22H,(H,23,27). The van der Waals surface area contributed by atoms with Crippen LogP contribution in [0, 0.1) is 20.2 Å². The van der Waals surface area contributed by atoms with Crippen molar-refractivity contribution in [3.05, 3.63) is 104 Å². The second-order valence-electron chi connectivity index (χ2n) is 6.64. The van der Waals surface area contributed by atoms with Crippen LogP contribution >= 0.6 is 0 Å². The number of nitrogens with one attached hydrogen (secondary N) is 2. The van der Waals surface area contributed by atoms with Gasteiger partial charge in [-0.25, -0.2) is 4.99 Å². The zero-order valence-electron chi connectivity index (χ0n) is 15.9. The van der Waals surface area contributed by atoms with E-state index >= 15 is 0 Å². The Morgan fingerprint density at radius 2 is 1.61 bits per heavy atom. The van der Waals surface area contributed by atoms with Crippen molar-refractivity contribution in [2.24, 2.45) is 4.99 Å². The minimum absolute atomic E-state index is 0.126. The van der Waals surface area contributed by atoms with Gasteiger partial charge in [0.1, 0.15) is 5.69 Å². The predicted octanol–water partition coefficient (Wildman–Crippen LogP) is 3.73. The lowest BCUT2D eigenvalue weighted by Gasteiger charge is -2.14. The number of para-hydroxylation sites is 2. The van der Waals surface area contributed by atoms with Crippen LogP contribution < -0.4 is 10.6 Å². The molecule has 1 unspecified atom stereocenters. The van der Waals surface area contributed by atoms with Gasteiger partial charge in [-0.05, 0) is 12.1 Å². The lowest BCUT2D eigenvalue weighted by Crippen LogP contribution is -2.32. The number of fused-ring (bicyclic) bond motifs is 1. The number of anilines is 2. The highest BCUT2D eigenvalue weighted by atomic mass is 16.6. The van der Waals surface area contributed by atoms with E-state index in [0.717, 1.165) is 0 Å². The molecule has 1 aliphatic heterocycles. The summed E-state index contributed by atoms with van der Waals surface area (Å²) >= 11 is 0. The van der Waals surface area contributed by atoms with E-state index in [9.17, 15) is 25.0 Å². The molecule has 0 aliphatic carbocycles. The summed E-state index contributed by atoms with van der Waals surface area (Å²) in [6, 6.07) is 18.9. The highest BCUT2D eigenvalue weighted by Crippen LogP contribution is 2.30. The van der Waals surface area contributed by atoms with Crippen LogP contribution in [0.1, 0.15) is 11.1 Å². The van der Waals surface area contributed by atoms with E-state index in [-0.39, 0.29) is 17.1 Å². The van der Waals surface area contributed by atoms with Gasteiger partial charge in [0.2, 0.25) is 0 Å². The number of nitro benzene ring substituents is 2. The first-order valence-electron chi connectivity index (χ1n) is 9.17. The summed E-state index contributed by atoms with van der Waals surface area (Å²) in [7, 11) is 0. The molecule has 1 atom stereocenters. The van der Waals surface area contributed by atoms with Crippen molar-refractivity contribution in [2.75, 3.05) is 10.6 Å². The summed E-state index contributed by atoms with van der Waals surface area (Å²) in [6.07, 6.45) is -1.21. The second-order valence-corrected chi connectivity index (χ2v) is 6.64. The fourth-order valence-corrected chi connectivity index (χ4v) is 3.24. The third-order valence-electron chi connectivity index (χ3n) is 4.67. The van der Waals surface area contributed by atoms with E-state index in [1.807, 2.05) is 6.07 Å². The summed E-state index contributed by atoms with van der Waals surface area (Å²) in [5, 5.41) is 28.1. The number of hydrogen-bond acceptors (Lipinski definition) is 7. The van der Waals surface area contributed by atoms with Gasteiger partial charge in [0.25, 0.3) is 17.3 Å². The quantitative estimate of drug-likeness (QED) is 0.479. The Hall–Kier alpha value is -4.60. The van der Waals surface area contributed by atoms with Crippen molar-refractivity contribution in [2.45, 2.75) is 6.17 Å². The van der Waals surface area contributed by atoms with Crippen LogP contribution in [0.2, 0.25) is 0 Å². The van der Waals surface area contributed by atoms with E-state index in [1.165, 1.54) is 36.4 Å². The molecule has 0 aromatic heterocycles. The maximum atomic E-state index is 12.9. The molecule has 3 aromatic rings. The van der Waals surface area contributed by atoms with Gasteiger partial charge in [-0.2, -0.15) is 0 Å². The fraction of sp³-hybridized carbons (Fsp3) is 0.0476. The Labute approximate surface area is 175 Å². The summed E-state index contributed by atoms with van der Waals surface area (Å²) in [5.74, 6) is -0.556. The number of rotatable bonds is 5. The third-order valence-corrected chi connectivity index (χ3v) is 4.67. The van der Waals surface area contributed by atoms with Gasteiger partial charge in [0, 0.05) is 29.3 Å². The summed E-state index contributed by atoms with van der Waals surface area (Å²) in [5.41, 5.74) is 1.47. The predicted molar refractivity (Wildman–Crippen MR) is 114 cm³/mol. The van der Waals surface area contributed by atoms with Crippen LogP contribution in [0.3, 0.4) is 0 Å². The Morgan fingerprint density at radius 3 is 2.32 bits per heavy atom. The molecule has 4 rings (SSSR count). The summed E-state index contributed by atoms with van der Waals surface area (Å²) in [4.78, 5) is 38.9. The highest BCUT2D eigenvalue weighted by molar-refractivity contribution is 6.20. The number of benzene rings is 3. The molecule has 31 heavy (non-hydrogen) atoms. The SMILES string of the molecule is O=C1Nc2ccc([N+](=O)[O-])cc2C(c2ccccc2)=NC1Nc1ccccc1[N+](=O)[O-]. The van der Waals surface area contributed by atoms with Crippen LogP contribution in [0.4, 0.5) is 22.7 Å². The number of hydrogen-bond donors (Lipinski definition) is 2. The highest BCUT2D eigenvalue weighted by Gasteiger charge is 2.28. The molecule has 3 aromatic carbocycles. The number of carbonyl (C=O) groups excluding carboxylic acids is 1. The Kier molecular flexibility index (Phi) is 5.10. The van der Waals surface area contributed by atoms with E-state index < -0.39 is 21.9 Å². The van der Waals surface area contributed by atoms with E-state index in [2.05, 4.69) is 15.6 Å². The molecule has 2 N–H and O–H groups in total. The first-order valence-corrected chi connectivity index (χ1v) is 9.17. The molecule has 0 saturated heterocycles.